The maximum absolute atomic E-state index is 12.5. The van der Waals surface area contributed by atoms with Crippen LogP contribution < -0.4 is 15.5 Å². The summed E-state index contributed by atoms with van der Waals surface area (Å²) in [7, 11) is 0. The van der Waals surface area contributed by atoms with Crippen molar-refractivity contribution in [1.82, 2.24) is 34.8 Å². The highest BCUT2D eigenvalue weighted by molar-refractivity contribution is 5.56. The molecule has 1 aliphatic heterocycles. The van der Waals surface area contributed by atoms with E-state index in [1.165, 1.54) is 0 Å². The monoisotopic (exact) mass is 429 g/mol. The zero-order valence-electron chi connectivity index (χ0n) is 17.7. The quantitative estimate of drug-likeness (QED) is 0.480. The molecular formula is C23H23N7O2. The maximum atomic E-state index is 12.5. The third-order valence-electron chi connectivity index (χ3n) is 5.36. The van der Waals surface area contributed by atoms with E-state index in [4.69, 9.17) is 4.74 Å². The molecule has 1 fully saturated rings. The van der Waals surface area contributed by atoms with E-state index in [9.17, 15) is 4.79 Å². The Morgan fingerprint density at radius 1 is 1.16 bits per heavy atom. The lowest BCUT2D eigenvalue weighted by atomic mass is 10.1. The topological polar surface area (TPSA) is 99.8 Å². The van der Waals surface area contributed by atoms with Crippen LogP contribution in [-0.2, 0) is 6.42 Å². The van der Waals surface area contributed by atoms with E-state index < -0.39 is 0 Å². The van der Waals surface area contributed by atoms with Crippen LogP contribution in [0, 0.1) is 0 Å². The highest BCUT2D eigenvalue weighted by Gasteiger charge is 2.19. The summed E-state index contributed by atoms with van der Waals surface area (Å²) in [4.78, 5) is 21.3. The molecule has 9 heteroatoms. The molecule has 1 aromatic carbocycles. The number of hydrogen-bond donors (Lipinski definition) is 1. The molecule has 1 N–H and O–H groups in total. The molecule has 0 saturated carbocycles. The van der Waals surface area contributed by atoms with Crippen molar-refractivity contribution in [2.45, 2.75) is 19.4 Å². The van der Waals surface area contributed by atoms with E-state index >= 15 is 0 Å². The average molecular weight is 429 g/mol. The summed E-state index contributed by atoms with van der Waals surface area (Å²) in [5, 5.41) is 12.2. The maximum Gasteiger partial charge on any atom is 0.203 e. The fourth-order valence-corrected chi connectivity index (χ4v) is 3.54. The first-order chi connectivity index (χ1) is 15.7. The fraction of sp³-hybridized carbons (Fsp3) is 0.261. The smallest absolute Gasteiger partial charge is 0.203 e. The van der Waals surface area contributed by atoms with Crippen molar-refractivity contribution in [3.8, 4) is 22.8 Å². The number of benzene rings is 1. The normalized spacial score (nSPS) is 13.7. The van der Waals surface area contributed by atoms with Crippen molar-refractivity contribution in [2.75, 3.05) is 19.7 Å². The van der Waals surface area contributed by atoms with Crippen LogP contribution in [0.3, 0.4) is 0 Å². The molecule has 32 heavy (non-hydrogen) atoms. The highest BCUT2D eigenvalue weighted by Crippen LogP contribution is 2.19. The number of aromatic nitrogens is 6. The Balaban J connectivity index is 1.38. The van der Waals surface area contributed by atoms with Crippen molar-refractivity contribution in [3.63, 3.8) is 0 Å². The minimum Gasteiger partial charge on any atom is -0.491 e. The van der Waals surface area contributed by atoms with Gasteiger partial charge >= 0.3 is 0 Å². The van der Waals surface area contributed by atoms with Gasteiger partial charge in [-0.1, -0.05) is 18.2 Å². The predicted octanol–water partition coefficient (Wildman–Crippen LogP) is 2.02. The lowest BCUT2D eigenvalue weighted by Crippen LogP contribution is -2.43. The third kappa shape index (κ3) is 4.15. The molecule has 1 aliphatic rings. The van der Waals surface area contributed by atoms with E-state index in [-0.39, 0.29) is 5.43 Å². The van der Waals surface area contributed by atoms with Crippen LogP contribution in [0.1, 0.15) is 24.2 Å². The first-order valence-electron chi connectivity index (χ1n) is 10.6. The van der Waals surface area contributed by atoms with E-state index in [2.05, 4.69) is 25.5 Å². The van der Waals surface area contributed by atoms with Crippen LogP contribution in [0.4, 0.5) is 0 Å². The first kappa shape index (κ1) is 20.1. The Morgan fingerprint density at radius 2 is 2.00 bits per heavy atom. The molecule has 162 valence electrons. The van der Waals surface area contributed by atoms with Crippen molar-refractivity contribution in [2.24, 2.45) is 0 Å². The molecule has 3 aromatic heterocycles. The van der Waals surface area contributed by atoms with Gasteiger partial charge in [-0.05, 0) is 18.6 Å². The number of ether oxygens (including phenoxy) is 1. The molecule has 0 atom stereocenters. The molecule has 4 aromatic rings. The summed E-state index contributed by atoms with van der Waals surface area (Å²) in [5.41, 5.74) is 3.03. The SMILES string of the molecule is CCOc1cnc(-c2cccc(Cc3nn(-c4cnn(C5CNC5)c4)ccc3=O)c2)nc1. The largest absolute Gasteiger partial charge is 0.491 e. The van der Waals surface area contributed by atoms with Crippen molar-refractivity contribution in [1.29, 1.82) is 0 Å². The van der Waals surface area contributed by atoms with Gasteiger partial charge in [0.15, 0.2) is 11.6 Å². The first-order valence-corrected chi connectivity index (χ1v) is 10.6. The molecule has 0 spiro atoms. The molecule has 0 bridgehead atoms. The van der Waals surface area contributed by atoms with Gasteiger partial charge in [-0.25, -0.2) is 14.6 Å². The fourth-order valence-electron chi connectivity index (χ4n) is 3.54. The standard InChI is InChI=1S/C23H23N7O2/c1-2-32-20-13-25-23(26-14-20)17-5-3-4-16(8-17)9-21-22(31)6-7-29(28-21)19-12-27-30(15-19)18-10-24-11-18/h3-8,12-15,18,24H,2,9-11H2,1H3. The van der Waals surface area contributed by atoms with Gasteiger partial charge in [-0.15, -0.1) is 0 Å². The van der Waals surface area contributed by atoms with Gasteiger partial charge in [-0.3, -0.25) is 9.48 Å². The van der Waals surface area contributed by atoms with Crippen LogP contribution in [0.5, 0.6) is 5.75 Å². The third-order valence-corrected chi connectivity index (χ3v) is 5.36. The van der Waals surface area contributed by atoms with E-state index in [0.29, 0.717) is 36.3 Å². The second-order valence-electron chi connectivity index (χ2n) is 7.61. The minimum absolute atomic E-state index is 0.0976. The van der Waals surface area contributed by atoms with Gasteiger partial charge in [0.2, 0.25) is 5.43 Å². The second kappa shape index (κ2) is 8.72. The predicted molar refractivity (Wildman–Crippen MR) is 119 cm³/mol. The van der Waals surface area contributed by atoms with E-state index in [0.717, 1.165) is 29.9 Å². The Kier molecular flexibility index (Phi) is 5.47. The van der Waals surface area contributed by atoms with Gasteiger partial charge in [0.05, 0.1) is 37.4 Å². The Bertz CT molecular complexity index is 1280. The molecule has 9 nitrogen and oxygen atoms in total. The summed E-state index contributed by atoms with van der Waals surface area (Å²) in [6.07, 6.45) is 9.13. The van der Waals surface area contributed by atoms with Crippen LogP contribution in [-0.4, -0.2) is 49.2 Å². The van der Waals surface area contributed by atoms with Gasteiger partial charge < -0.3 is 10.1 Å². The minimum atomic E-state index is -0.0976. The van der Waals surface area contributed by atoms with E-state index in [1.54, 1.807) is 35.5 Å². The lowest BCUT2D eigenvalue weighted by molar-refractivity contribution is 0.318. The van der Waals surface area contributed by atoms with Crippen LogP contribution in [0.2, 0.25) is 0 Å². The molecule has 5 rings (SSSR count). The highest BCUT2D eigenvalue weighted by atomic mass is 16.5. The summed E-state index contributed by atoms with van der Waals surface area (Å²) in [5.74, 6) is 1.24. The van der Waals surface area contributed by atoms with Crippen molar-refractivity contribution in [3.05, 3.63) is 82.8 Å². The second-order valence-corrected chi connectivity index (χ2v) is 7.61. The van der Waals surface area contributed by atoms with Gasteiger partial charge in [0.25, 0.3) is 0 Å². The summed E-state index contributed by atoms with van der Waals surface area (Å²) in [6, 6.07) is 9.75. The zero-order valence-corrected chi connectivity index (χ0v) is 17.7. The number of rotatable bonds is 7. The Hall–Kier alpha value is -3.85. The Labute approximate surface area is 184 Å². The number of nitrogens with zero attached hydrogens (tertiary/aromatic N) is 6. The van der Waals surface area contributed by atoms with Crippen molar-refractivity contribution < 1.29 is 4.74 Å². The molecular weight excluding hydrogens is 406 g/mol. The molecule has 0 amide bonds. The number of hydrogen-bond acceptors (Lipinski definition) is 7. The molecule has 4 heterocycles. The van der Waals surface area contributed by atoms with Crippen molar-refractivity contribution >= 4 is 0 Å². The molecule has 0 unspecified atom stereocenters. The molecule has 1 saturated heterocycles. The zero-order chi connectivity index (χ0) is 21.9. The number of nitrogens with one attached hydrogen (secondary N) is 1. The van der Waals surface area contributed by atoms with Crippen LogP contribution in [0.25, 0.3) is 17.1 Å². The van der Waals surface area contributed by atoms with Gasteiger partial charge in [0.1, 0.15) is 11.4 Å². The van der Waals surface area contributed by atoms with Crippen LogP contribution >= 0.6 is 0 Å². The van der Waals surface area contributed by atoms with Gasteiger partial charge in [-0.2, -0.15) is 10.2 Å². The summed E-state index contributed by atoms with van der Waals surface area (Å²) >= 11 is 0. The molecule has 0 radical (unpaired) electrons. The Morgan fingerprint density at radius 3 is 2.75 bits per heavy atom. The van der Waals surface area contributed by atoms with E-state index in [1.807, 2.05) is 42.1 Å². The van der Waals surface area contributed by atoms with Gasteiger partial charge in [0, 0.05) is 37.3 Å². The average Bonchev–Trinajstić information content (AvgIpc) is 3.24. The van der Waals surface area contributed by atoms with Crippen LogP contribution in [0.15, 0.2) is 66.1 Å². The summed E-state index contributed by atoms with van der Waals surface area (Å²) < 4.78 is 9.04. The lowest BCUT2D eigenvalue weighted by Gasteiger charge is -2.27. The summed E-state index contributed by atoms with van der Waals surface area (Å²) in [6.45, 7) is 4.32. The molecule has 0 aliphatic carbocycles.